The van der Waals surface area contributed by atoms with Crippen molar-refractivity contribution in [2.45, 2.75) is 19.2 Å². The summed E-state index contributed by atoms with van der Waals surface area (Å²) in [4.78, 5) is 10.1. The van der Waals surface area contributed by atoms with Gasteiger partial charge in [0.25, 0.3) is 0 Å². The summed E-state index contributed by atoms with van der Waals surface area (Å²) in [6, 6.07) is 5.88. The monoisotopic (exact) mass is 352 g/mol. The predicted molar refractivity (Wildman–Crippen MR) is 96.9 cm³/mol. The van der Waals surface area contributed by atoms with Gasteiger partial charge in [0.05, 0.1) is 6.54 Å². The van der Waals surface area contributed by atoms with Crippen molar-refractivity contribution >= 4 is 45.6 Å². The molecule has 7 heteroatoms. The molecule has 1 aliphatic heterocycles. The lowest BCUT2D eigenvalue weighted by Gasteiger charge is -2.18. The molecule has 2 heterocycles. The van der Waals surface area contributed by atoms with E-state index in [1.807, 2.05) is 18.2 Å². The van der Waals surface area contributed by atoms with Crippen molar-refractivity contribution < 1.29 is 0 Å². The molecule has 0 saturated carbocycles. The Bertz CT molecular complexity index is 776. The third-order valence-electron chi connectivity index (χ3n) is 3.37. The Labute approximate surface area is 143 Å². The Morgan fingerprint density at radius 3 is 3.18 bits per heavy atom. The molecular weight excluding hydrogens is 336 g/mol. The molecule has 116 valence electrons. The maximum Gasteiger partial charge on any atom is 0.184 e. The van der Waals surface area contributed by atoms with E-state index in [0.29, 0.717) is 6.54 Å². The quantitative estimate of drug-likeness (QED) is 0.910. The first-order valence-electron chi connectivity index (χ1n) is 7.04. The van der Waals surface area contributed by atoms with Crippen LogP contribution in [-0.4, -0.2) is 16.3 Å². The van der Waals surface area contributed by atoms with Gasteiger partial charge < -0.3 is 9.88 Å². The Balaban J connectivity index is 1.67. The Morgan fingerprint density at radius 2 is 2.36 bits per heavy atom. The first-order valence-corrected chi connectivity index (χ1v) is 9.28. The zero-order chi connectivity index (χ0) is 15.5. The number of hydrogen-bond donors (Lipinski definition) is 1. The van der Waals surface area contributed by atoms with Crippen molar-refractivity contribution in [2.75, 3.05) is 11.9 Å². The van der Waals surface area contributed by atoms with Gasteiger partial charge in [0.1, 0.15) is 0 Å². The summed E-state index contributed by atoms with van der Waals surface area (Å²) in [6.07, 6.45) is 0. The average Bonchev–Trinajstić information content (AvgIpc) is 2.86. The molecule has 0 amide bonds. The molecule has 0 radical (unpaired) electrons. The van der Waals surface area contributed by atoms with Crippen molar-refractivity contribution in [3.05, 3.63) is 44.7 Å². The zero-order valence-electron chi connectivity index (χ0n) is 12.5. The lowest BCUT2D eigenvalue weighted by Crippen LogP contribution is -2.16. The van der Waals surface area contributed by atoms with Gasteiger partial charge in [-0.3, -0.25) is 9.98 Å². The molecule has 22 heavy (non-hydrogen) atoms. The molecule has 0 aliphatic carbocycles. The van der Waals surface area contributed by atoms with E-state index in [4.69, 9.17) is 11.6 Å². The number of anilines is 1. The molecule has 4 nitrogen and oxygen atoms in total. The van der Waals surface area contributed by atoms with Crippen LogP contribution in [0.1, 0.15) is 18.2 Å². The van der Waals surface area contributed by atoms with E-state index in [1.54, 1.807) is 23.1 Å². The maximum absolute atomic E-state index is 6.01. The molecule has 0 saturated heterocycles. The van der Waals surface area contributed by atoms with Crippen LogP contribution in [0.15, 0.2) is 33.6 Å². The topological polar surface area (TPSA) is 41.7 Å². The van der Waals surface area contributed by atoms with Gasteiger partial charge >= 0.3 is 0 Å². The van der Waals surface area contributed by atoms with Crippen LogP contribution in [0.2, 0.25) is 5.02 Å². The second kappa shape index (κ2) is 6.89. The lowest BCUT2D eigenvalue weighted by atomic mass is 10.1. The summed E-state index contributed by atoms with van der Waals surface area (Å²) in [5.41, 5.74) is 3.49. The number of fused-ring (bicyclic) bond motifs is 1. The molecule has 0 fully saturated rings. The van der Waals surface area contributed by atoms with Gasteiger partial charge in [-0.05, 0) is 30.7 Å². The Kier molecular flexibility index (Phi) is 4.90. The third-order valence-corrected chi connectivity index (χ3v) is 5.55. The minimum atomic E-state index is 0.678. The number of thioether (sulfide) groups is 1. The van der Waals surface area contributed by atoms with E-state index in [9.17, 15) is 0 Å². The number of thiazole rings is 1. The van der Waals surface area contributed by atoms with E-state index < -0.39 is 0 Å². The fourth-order valence-electron chi connectivity index (χ4n) is 2.16. The zero-order valence-corrected chi connectivity index (χ0v) is 14.9. The maximum atomic E-state index is 6.01. The highest BCUT2D eigenvalue weighted by molar-refractivity contribution is 8.13. The van der Waals surface area contributed by atoms with E-state index in [0.717, 1.165) is 38.5 Å². The second-order valence-electron chi connectivity index (χ2n) is 4.88. The number of benzene rings is 1. The number of aromatic nitrogens is 1. The third kappa shape index (κ3) is 3.39. The van der Waals surface area contributed by atoms with Crippen LogP contribution in [-0.2, 0) is 19.3 Å². The van der Waals surface area contributed by atoms with Gasteiger partial charge in [0.15, 0.2) is 9.97 Å². The predicted octanol–water partition coefficient (Wildman–Crippen LogP) is 3.88. The molecular formula is C15H17ClN4S2. The summed E-state index contributed by atoms with van der Waals surface area (Å²) < 4.78 is 2.15. The Hall–Kier alpha value is -1.24. The van der Waals surface area contributed by atoms with Gasteiger partial charge in [0.2, 0.25) is 0 Å². The smallest absolute Gasteiger partial charge is 0.184 e. The number of rotatable bonds is 3. The molecule has 1 aromatic carbocycles. The molecule has 0 unspecified atom stereocenters. The van der Waals surface area contributed by atoms with E-state index in [-0.39, 0.29) is 0 Å². The van der Waals surface area contributed by atoms with Crippen LogP contribution >= 0.6 is 34.7 Å². The Morgan fingerprint density at radius 1 is 1.50 bits per heavy atom. The first kappa shape index (κ1) is 15.6. The van der Waals surface area contributed by atoms with Gasteiger partial charge in [0, 0.05) is 41.1 Å². The molecule has 3 rings (SSSR count). The van der Waals surface area contributed by atoms with Crippen LogP contribution in [0.4, 0.5) is 5.69 Å². The molecule has 0 bridgehead atoms. The average molecular weight is 353 g/mol. The van der Waals surface area contributed by atoms with Crippen molar-refractivity contribution in [1.82, 2.24) is 4.57 Å². The molecule has 2 aromatic rings. The highest BCUT2D eigenvalue weighted by Crippen LogP contribution is 2.27. The summed E-state index contributed by atoms with van der Waals surface area (Å²) in [5, 5.41) is 7.24. The van der Waals surface area contributed by atoms with Crippen LogP contribution in [0, 0.1) is 0 Å². The van der Waals surface area contributed by atoms with Gasteiger partial charge in [-0.25, -0.2) is 0 Å². The largest absolute Gasteiger partial charge is 0.335 e. The van der Waals surface area contributed by atoms with Crippen LogP contribution in [0.25, 0.3) is 0 Å². The number of aliphatic imine (C=N–C) groups is 1. The van der Waals surface area contributed by atoms with Gasteiger partial charge in [-0.1, -0.05) is 23.4 Å². The highest BCUT2D eigenvalue weighted by Gasteiger charge is 2.13. The van der Waals surface area contributed by atoms with Gasteiger partial charge in [-0.15, -0.1) is 11.3 Å². The van der Waals surface area contributed by atoms with E-state index in [2.05, 4.69) is 39.2 Å². The molecule has 1 aromatic heterocycles. The minimum Gasteiger partial charge on any atom is -0.335 e. The SMILES string of the molecule is CC/N=c1/scc(CSC2=NCc3cc(Cl)ccc3N2)n1C. The molecule has 1 aliphatic rings. The normalized spacial score (nSPS) is 14.5. The van der Waals surface area contributed by atoms with Gasteiger partial charge in [-0.2, -0.15) is 0 Å². The second-order valence-corrected chi connectivity index (χ2v) is 7.12. The minimum absolute atomic E-state index is 0.678. The van der Waals surface area contributed by atoms with E-state index in [1.165, 1.54) is 5.69 Å². The fourth-order valence-corrected chi connectivity index (χ4v) is 4.32. The van der Waals surface area contributed by atoms with Crippen LogP contribution in [0.5, 0.6) is 0 Å². The first-order chi connectivity index (χ1) is 10.7. The molecule has 0 atom stereocenters. The van der Waals surface area contributed by atoms with E-state index >= 15 is 0 Å². The lowest BCUT2D eigenvalue weighted by molar-refractivity contribution is 0.811. The van der Waals surface area contributed by atoms with Crippen molar-refractivity contribution in [3.8, 4) is 0 Å². The molecule has 1 N–H and O–H groups in total. The number of halogens is 1. The fraction of sp³-hybridized carbons (Fsp3) is 0.333. The molecule has 0 spiro atoms. The number of nitrogens with zero attached hydrogens (tertiary/aromatic N) is 3. The van der Waals surface area contributed by atoms with Crippen molar-refractivity contribution in [3.63, 3.8) is 0 Å². The number of nitrogens with one attached hydrogen (secondary N) is 1. The van der Waals surface area contributed by atoms with Crippen molar-refractivity contribution in [1.29, 1.82) is 0 Å². The summed E-state index contributed by atoms with van der Waals surface area (Å²) in [5.74, 6) is 0.876. The summed E-state index contributed by atoms with van der Waals surface area (Å²) in [6.45, 7) is 3.55. The standard InChI is InChI=1S/C15H17ClN4S2/c1-3-17-15-20(2)12(9-22-15)8-21-14-18-7-10-6-11(16)4-5-13(10)19-14/h4-6,9H,3,7-8H2,1-2H3,(H,18,19)/b17-15+. The summed E-state index contributed by atoms with van der Waals surface area (Å²) in [7, 11) is 2.06. The van der Waals surface area contributed by atoms with Crippen LogP contribution in [0.3, 0.4) is 0 Å². The highest BCUT2D eigenvalue weighted by atomic mass is 35.5. The number of amidine groups is 1. The number of hydrogen-bond acceptors (Lipinski definition) is 5. The van der Waals surface area contributed by atoms with Crippen molar-refractivity contribution in [2.24, 2.45) is 17.0 Å². The van der Waals surface area contributed by atoms with Crippen LogP contribution < -0.4 is 10.1 Å². The summed E-state index contributed by atoms with van der Waals surface area (Å²) >= 11 is 9.41.